The first-order chi connectivity index (χ1) is 12.5. The number of aliphatic imine (C=N–C) groups is 2. The maximum Gasteiger partial charge on any atom is 0.0728 e. The summed E-state index contributed by atoms with van der Waals surface area (Å²) in [6, 6.07) is 21.1. The number of hydrogen-bond acceptors (Lipinski definition) is 2. The van der Waals surface area contributed by atoms with Crippen LogP contribution >= 0.6 is 0 Å². The fraction of sp³-hybridized carbons (Fsp3) is 0.250. The van der Waals surface area contributed by atoms with Crippen molar-refractivity contribution < 1.29 is 0 Å². The maximum absolute atomic E-state index is 4.93. The van der Waals surface area contributed by atoms with E-state index in [9.17, 15) is 0 Å². The molecule has 0 radical (unpaired) electrons. The predicted octanol–water partition coefficient (Wildman–Crippen LogP) is 6.30. The number of allylic oxidation sites excluding steroid dienone is 4. The first-order valence-corrected chi connectivity index (χ1v) is 9.17. The van der Waals surface area contributed by atoms with Gasteiger partial charge >= 0.3 is 0 Å². The average molecular weight is 342 g/mol. The van der Waals surface area contributed by atoms with E-state index in [1.165, 1.54) is 11.1 Å². The van der Waals surface area contributed by atoms with E-state index in [2.05, 4.69) is 88.4 Å². The SMILES string of the molecule is CC1=CC(=N[C@@H](C)c2ccccc2)C(C)=CC1=N[C@@H](C)c1ccccc1. The van der Waals surface area contributed by atoms with E-state index in [0.717, 1.165) is 22.6 Å². The Hall–Kier alpha value is -2.74. The van der Waals surface area contributed by atoms with E-state index in [1.54, 1.807) is 0 Å². The molecule has 0 bridgehead atoms. The van der Waals surface area contributed by atoms with E-state index in [-0.39, 0.29) is 12.1 Å². The molecule has 1 aliphatic carbocycles. The second kappa shape index (κ2) is 8.09. The van der Waals surface area contributed by atoms with E-state index < -0.39 is 0 Å². The minimum absolute atomic E-state index is 0.139. The van der Waals surface area contributed by atoms with Gasteiger partial charge in [0.2, 0.25) is 0 Å². The predicted molar refractivity (Wildman–Crippen MR) is 112 cm³/mol. The molecule has 26 heavy (non-hydrogen) atoms. The normalized spacial score (nSPS) is 19.8. The van der Waals surface area contributed by atoms with Gasteiger partial charge in [-0.25, -0.2) is 0 Å². The topological polar surface area (TPSA) is 24.7 Å². The van der Waals surface area contributed by atoms with Crippen LogP contribution in [-0.2, 0) is 0 Å². The quantitative estimate of drug-likeness (QED) is 0.583. The van der Waals surface area contributed by atoms with Gasteiger partial charge in [-0.15, -0.1) is 0 Å². The monoisotopic (exact) mass is 342 g/mol. The summed E-state index contributed by atoms with van der Waals surface area (Å²) in [4.78, 5) is 9.85. The number of benzene rings is 2. The van der Waals surface area contributed by atoms with Gasteiger partial charge in [0.15, 0.2) is 0 Å². The molecule has 0 heterocycles. The van der Waals surface area contributed by atoms with Gasteiger partial charge in [-0.1, -0.05) is 60.7 Å². The van der Waals surface area contributed by atoms with Crippen LogP contribution in [0.3, 0.4) is 0 Å². The molecule has 132 valence electrons. The third kappa shape index (κ3) is 4.26. The lowest BCUT2D eigenvalue weighted by molar-refractivity contribution is 0.818. The Morgan fingerprint density at radius 3 is 1.27 bits per heavy atom. The molecule has 1 aliphatic rings. The standard InChI is InChI=1S/C24H26N2/c1-17-15-24(26-20(4)22-13-9-6-10-14-22)18(2)16-23(17)25-19(3)21-11-7-5-8-12-21/h5-16,19-20H,1-4H3/t19-,20-/m0/s1. The molecule has 0 amide bonds. The van der Waals surface area contributed by atoms with E-state index >= 15 is 0 Å². The Bertz CT molecular complexity index is 795. The summed E-state index contributed by atoms with van der Waals surface area (Å²) in [5, 5.41) is 0. The molecule has 3 rings (SSSR count). The van der Waals surface area contributed by atoms with Gasteiger partial charge < -0.3 is 0 Å². The van der Waals surface area contributed by atoms with Crippen molar-refractivity contribution in [2.24, 2.45) is 9.98 Å². The third-order valence-electron chi connectivity index (χ3n) is 4.74. The highest BCUT2D eigenvalue weighted by atomic mass is 14.8. The van der Waals surface area contributed by atoms with Crippen molar-refractivity contribution in [2.45, 2.75) is 39.8 Å². The molecule has 2 aromatic carbocycles. The number of rotatable bonds is 4. The van der Waals surface area contributed by atoms with Crippen LogP contribution in [0.15, 0.2) is 93.9 Å². The second-order valence-electron chi connectivity index (χ2n) is 6.86. The molecule has 0 saturated heterocycles. The second-order valence-corrected chi connectivity index (χ2v) is 6.86. The van der Waals surface area contributed by atoms with Crippen LogP contribution in [0, 0.1) is 0 Å². The zero-order chi connectivity index (χ0) is 18.5. The van der Waals surface area contributed by atoms with Crippen LogP contribution in [0.1, 0.15) is 50.9 Å². The molecule has 0 spiro atoms. The largest absolute Gasteiger partial charge is 0.277 e. The minimum atomic E-state index is 0.139. The van der Waals surface area contributed by atoms with Crippen LogP contribution in [0.25, 0.3) is 0 Å². The summed E-state index contributed by atoms with van der Waals surface area (Å²) >= 11 is 0. The Labute approximate surface area is 156 Å². The first kappa shape index (κ1) is 18.1. The molecule has 2 aromatic rings. The van der Waals surface area contributed by atoms with Gasteiger partial charge in [0.05, 0.1) is 23.5 Å². The van der Waals surface area contributed by atoms with E-state index in [4.69, 9.17) is 9.98 Å². The van der Waals surface area contributed by atoms with Gasteiger partial charge in [0, 0.05) is 0 Å². The summed E-state index contributed by atoms with van der Waals surface area (Å²) < 4.78 is 0. The minimum Gasteiger partial charge on any atom is -0.277 e. The average Bonchev–Trinajstić information content (AvgIpc) is 2.67. The molecule has 2 heteroatoms. The summed E-state index contributed by atoms with van der Waals surface area (Å²) in [6.45, 7) is 8.50. The maximum atomic E-state index is 4.93. The molecule has 0 fully saturated rings. The zero-order valence-corrected chi connectivity index (χ0v) is 16.0. The smallest absolute Gasteiger partial charge is 0.0728 e. The Morgan fingerprint density at radius 1 is 0.577 bits per heavy atom. The molecule has 0 aliphatic heterocycles. The van der Waals surface area contributed by atoms with Gasteiger partial charge in [-0.3, -0.25) is 9.98 Å². The van der Waals surface area contributed by atoms with Gasteiger partial charge in [0.1, 0.15) is 0 Å². The van der Waals surface area contributed by atoms with Crippen molar-refractivity contribution in [3.05, 3.63) is 95.1 Å². The lowest BCUT2D eigenvalue weighted by atomic mass is 9.96. The van der Waals surface area contributed by atoms with Crippen molar-refractivity contribution in [3.8, 4) is 0 Å². The summed E-state index contributed by atoms with van der Waals surface area (Å²) in [5.41, 5.74) is 6.89. The Balaban J connectivity index is 1.84. The van der Waals surface area contributed by atoms with Crippen molar-refractivity contribution in [1.82, 2.24) is 0 Å². The summed E-state index contributed by atoms with van der Waals surface area (Å²) in [7, 11) is 0. The van der Waals surface area contributed by atoms with Crippen molar-refractivity contribution >= 4 is 11.4 Å². The number of nitrogens with zero attached hydrogens (tertiary/aromatic N) is 2. The fourth-order valence-electron chi connectivity index (χ4n) is 3.09. The van der Waals surface area contributed by atoms with Crippen LogP contribution < -0.4 is 0 Å². The molecule has 2 atom stereocenters. The molecule has 0 saturated carbocycles. The van der Waals surface area contributed by atoms with Crippen molar-refractivity contribution in [3.63, 3.8) is 0 Å². The van der Waals surface area contributed by atoms with Crippen LogP contribution in [0.2, 0.25) is 0 Å². The highest BCUT2D eigenvalue weighted by Gasteiger charge is 2.14. The third-order valence-corrected chi connectivity index (χ3v) is 4.74. The highest BCUT2D eigenvalue weighted by Crippen LogP contribution is 2.23. The summed E-state index contributed by atoms with van der Waals surface area (Å²) in [5.74, 6) is 0. The van der Waals surface area contributed by atoms with Crippen LogP contribution in [0.4, 0.5) is 0 Å². The lowest BCUT2D eigenvalue weighted by Gasteiger charge is -2.17. The van der Waals surface area contributed by atoms with Gasteiger partial charge in [-0.05, 0) is 62.1 Å². The van der Waals surface area contributed by atoms with Crippen molar-refractivity contribution in [2.75, 3.05) is 0 Å². The van der Waals surface area contributed by atoms with Crippen LogP contribution in [0.5, 0.6) is 0 Å². The van der Waals surface area contributed by atoms with Gasteiger partial charge in [0.25, 0.3) is 0 Å². The lowest BCUT2D eigenvalue weighted by Crippen LogP contribution is -2.12. The molecular formula is C24H26N2. The molecule has 0 aromatic heterocycles. The van der Waals surface area contributed by atoms with E-state index in [0.29, 0.717) is 0 Å². The molecule has 0 N–H and O–H groups in total. The molecule has 0 unspecified atom stereocenters. The van der Waals surface area contributed by atoms with Crippen molar-refractivity contribution in [1.29, 1.82) is 0 Å². The fourth-order valence-corrected chi connectivity index (χ4v) is 3.09. The van der Waals surface area contributed by atoms with Crippen LogP contribution in [-0.4, -0.2) is 11.4 Å². The summed E-state index contributed by atoms with van der Waals surface area (Å²) in [6.07, 6.45) is 4.32. The Morgan fingerprint density at radius 2 is 0.923 bits per heavy atom. The highest BCUT2D eigenvalue weighted by molar-refractivity contribution is 6.23. The zero-order valence-electron chi connectivity index (χ0n) is 16.0. The molecular weight excluding hydrogens is 316 g/mol. The Kier molecular flexibility index (Phi) is 5.62. The number of hydrogen-bond donors (Lipinski definition) is 0. The first-order valence-electron chi connectivity index (χ1n) is 9.17. The molecule has 2 nitrogen and oxygen atoms in total. The van der Waals surface area contributed by atoms with E-state index in [1.807, 2.05) is 12.1 Å². The van der Waals surface area contributed by atoms with Gasteiger partial charge in [-0.2, -0.15) is 0 Å².